The smallest absolute Gasteiger partial charge is 0.245 e. The van der Waals surface area contributed by atoms with Gasteiger partial charge in [0, 0.05) is 13.1 Å². The molecule has 6 nitrogen and oxygen atoms in total. The van der Waals surface area contributed by atoms with Gasteiger partial charge in [0.25, 0.3) is 0 Å². The van der Waals surface area contributed by atoms with Crippen LogP contribution in [-0.2, 0) is 4.79 Å². The van der Waals surface area contributed by atoms with Gasteiger partial charge in [0.15, 0.2) is 16.7 Å². The van der Waals surface area contributed by atoms with Crippen LogP contribution < -0.4 is 15.0 Å². The fourth-order valence-corrected chi connectivity index (χ4v) is 2.19. The van der Waals surface area contributed by atoms with Crippen molar-refractivity contribution in [3.8, 4) is 5.75 Å². The number of carbonyl (C=O) groups is 1. The number of piperazine rings is 1. The van der Waals surface area contributed by atoms with Crippen LogP contribution in [0.2, 0.25) is 5.15 Å². The van der Waals surface area contributed by atoms with Gasteiger partial charge in [0.1, 0.15) is 11.9 Å². The van der Waals surface area contributed by atoms with Crippen molar-refractivity contribution in [1.82, 2.24) is 15.3 Å². The number of hydrogen-bond acceptors (Lipinski definition) is 5. The monoisotopic (exact) mass is 270 g/mol. The highest BCUT2D eigenvalue weighted by molar-refractivity contribution is 6.31. The molecule has 0 aliphatic carbocycles. The number of anilines is 1. The molecule has 7 heteroatoms. The quantitative estimate of drug-likeness (QED) is 0.807. The predicted molar refractivity (Wildman–Crippen MR) is 68.0 cm³/mol. The number of amides is 1. The van der Waals surface area contributed by atoms with Crippen molar-refractivity contribution >= 4 is 23.3 Å². The largest absolute Gasteiger partial charge is 0.490 e. The maximum atomic E-state index is 11.9. The lowest BCUT2D eigenvalue weighted by atomic mass is 9.99. The van der Waals surface area contributed by atoms with Crippen LogP contribution >= 0.6 is 11.6 Å². The van der Waals surface area contributed by atoms with Crippen LogP contribution in [0.1, 0.15) is 13.8 Å². The van der Waals surface area contributed by atoms with Crippen LogP contribution in [0, 0.1) is 0 Å². The Bertz CT molecular complexity index is 478. The molecule has 1 fully saturated rings. The van der Waals surface area contributed by atoms with Crippen molar-refractivity contribution < 1.29 is 9.53 Å². The standard InChI is InChI=1S/C11H15ClN4O2/c1-11(2)10(17)13-4-5-16(11)9-7(18-3)8(12)14-6-15-9/h6H,4-5H2,1-3H3,(H,13,17). The zero-order valence-electron chi connectivity index (χ0n) is 10.5. The summed E-state index contributed by atoms with van der Waals surface area (Å²) < 4.78 is 5.23. The number of rotatable bonds is 2. The van der Waals surface area contributed by atoms with Crippen molar-refractivity contribution in [3.63, 3.8) is 0 Å². The third-order valence-electron chi connectivity index (χ3n) is 3.05. The van der Waals surface area contributed by atoms with Gasteiger partial charge in [-0.15, -0.1) is 0 Å². The van der Waals surface area contributed by atoms with Gasteiger partial charge in [-0.2, -0.15) is 0 Å². The molecule has 1 aliphatic rings. The van der Waals surface area contributed by atoms with E-state index in [9.17, 15) is 4.79 Å². The predicted octanol–water partition coefficient (Wildman–Crippen LogP) is 0.853. The summed E-state index contributed by atoms with van der Waals surface area (Å²) in [4.78, 5) is 21.9. The van der Waals surface area contributed by atoms with E-state index in [0.717, 1.165) is 0 Å². The summed E-state index contributed by atoms with van der Waals surface area (Å²) in [5.74, 6) is 0.879. The van der Waals surface area contributed by atoms with Crippen LogP contribution in [0.4, 0.5) is 5.82 Å². The van der Waals surface area contributed by atoms with E-state index in [1.807, 2.05) is 18.7 Å². The summed E-state index contributed by atoms with van der Waals surface area (Å²) in [5, 5.41) is 3.07. The zero-order chi connectivity index (χ0) is 13.3. The molecule has 0 aromatic carbocycles. The fourth-order valence-electron chi connectivity index (χ4n) is 1.98. The van der Waals surface area contributed by atoms with Gasteiger partial charge < -0.3 is 15.0 Å². The Hall–Kier alpha value is -1.56. The normalized spacial score (nSPS) is 18.4. The molecule has 0 atom stereocenters. The lowest BCUT2D eigenvalue weighted by Gasteiger charge is -2.42. The number of hydrogen-bond donors (Lipinski definition) is 1. The number of ether oxygens (including phenoxy) is 1. The van der Waals surface area contributed by atoms with Crippen molar-refractivity contribution in [1.29, 1.82) is 0 Å². The number of nitrogens with one attached hydrogen (secondary N) is 1. The van der Waals surface area contributed by atoms with Gasteiger partial charge in [-0.1, -0.05) is 11.6 Å². The van der Waals surface area contributed by atoms with Crippen molar-refractivity contribution in [2.24, 2.45) is 0 Å². The fraction of sp³-hybridized carbons (Fsp3) is 0.545. The van der Waals surface area contributed by atoms with E-state index in [1.54, 1.807) is 0 Å². The Morgan fingerprint density at radius 2 is 2.22 bits per heavy atom. The topological polar surface area (TPSA) is 67.4 Å². The average Bonchev–Trinajstić information content (AvgIpc) is 2.32. The summed E-state index contributed by atoms with van der Waals surface area (Å²) in [6.07, 6.45) is 1.36. The van der Waals surface area contributed by atoms with E-state index in [0.29, 0.717) is 24.7 Å². The van der Waals surface area contributed by atoms with E-state index in [-0.39, 0.29) is 11.1 Å². The molecule has 0 unspecified atom stereocenters. The second-order valence-electron chi connectivity index (χ2n) is 4.49. The van der Waals surface area contributed by atoms with Crippen LogP contribution in [0.5, 0.6) is 5.75 Å². The highest BCUT2D eigenvalue weighted by Gasteiger charge is 2.40. The molecule has 2 heterocycles. The molecule has 0 saturated carbocycles. The molecular weight excluding hydrogens is 256 g/mol. The maximum absolute atomic E-state index is 11.9. The van der Waals surface area contributed by atoms with E-state index < -0.39 is 5.54 Å². The highest BCUT2D eigenvalue weighted by Crippen LogP contribution is 2.35. The van der Waals surface area contributed by atoms with Gasteiger partial charge in [-0.05, 0) is 13.8 Å². The number of halogens is 1. The van der Waals surface area contributed by atoms with Crippen molar-refractivity contribution in [3.05, 3.63) is 11.5 Å². The molecule has 0 radical (unpaired) electrons. The Morgan fingerprint density at radius 1 is 1.50 bits per heavy atom. The summed E-state index contributed by atoms with van der Waals surface area (Å²) >= 11 is 5.97. The van der Waals surface area contributed by atoms with Gasteiger partial charge in [-0.25, -0.2) is 9.97 Å². The maximum Gasteiger partial charge on any atom is 0.245 e. The summed E-state index contributed by atoms with van der Waals surface area (Å²) in [5.41, 5.74) is -0.705. The van der Waals surface area contributed by atoms with E-state index in [1.165, 1.54) is 13.4 Å². The van der Waals surface area contributed by atoms with Gasteiger partial charge >= 0.3 is 0 Å². The molecule has 0 bridgehead atoms. The molecular formula is C11H15ClN4O2. The highest BCUT2D eigenvalue weighted by atomic mass is 35.5. The second-order valence-corrected chi connectivity index (χ2v) is 4.85. The lowest BCUT2D eigenvalue weighted by molar-refractivity contribution is -0.126. The molecule has 18 heavy (non-hydrogen) atoms. The minimum Gasteiger partial charge on any atom is -0.490 e. The summed E-state index contributed by atoms with van der Waals surface area (Å²) in [7, 11) is 1.51. The SMILES string of the molecule is COc1c(Cl)ncnc1N1CCNC(=O)C1(C)C. The molecule has 1 saturated heterocycles. The molecule has 1 aliphatic heterocycles. The minimum absolute atomic E-state index is 0.0504. The first-order valence-corrected chi connectivity index (χ1v) is 5.96. The van der Waals surface area contributed by atoms with Gasteiger partial charge in [-0.3, -0.25) is 4.79 Å². The van der Waals surface area contributed by atoms with Crippen molar-refractivity contribution in [2.45, 2.75) is 19.4 Å². The Labute approximate surface area is 110 Å². The Balaban J connectivity index is 2.48. The molecule has 1 aromatic rings. The molecule has 98 valence electrons. The average molecular weight is 271 g/mol. The molecule has 2 rings (SSSR count). The summed E-state index contributed by atoms with van der Waals surface area (Å²) in [6.45, 7) is 4.86. The van der Waals surface area contributed by atoms with Crippen LogP contribution in [-0.4, -0.2) is 41.6 Å². The Kier molecular flexibility index (Phi) is 3.30. The number of methoxy groups -OCH3 is 1. The first-order chi connectivity index (χ1) is 8.48. The second kappa shape index (κ2) is 4.61. The third-order valence-corrected chi connectivity index (χ3v) is 3.32. The molecule has 0 spiro atoms. The number of carbonyl (C=O) groups excluding carboxylic acids is 1. The first-order valence-electron chi connectivity index (χ1n) is 5.59. The Morgan fingerprint density at radius 3 is 2.89 bits per heavy atom. The molecule has 1 aromatic heterocycles. The van der Waals surface area contributed by atoms with E-state index in [4.69, 9.17) is 16.3 Å². The van der Waals surface area contributed by atoms with E-state index >= 15 is 0 Å². The number of nitrogens with zero attached hydrogens (tertiary/aromatic N) is 3. The van der Waals surface area contributed by atoms with Gasteiger partial charge in [0.05, 0.1) is 7.11 Å². The van der Waals surface area contributed by atoms with Crippen molar-refractivity contribution in [2.75, 3.05) is 25.1 Å². The summed E-state index contributed by atoms with van der Waals surface area (Å²) in [6, 6.07) is 0. The molecule has 1 amide bonds. The zero-order valence-corrected chi connectivity index (χ0v) is 11.3. The first kappa shape index (κ1) is 12.9. The van der Waals surface area contributed by atoms with Crippen LogP contribution in [0.3, 0.4) is 0 Å². The minimum atomic E-state index is -0.705. The number of aromatic nitrogens is 2. The molecule has 1 N–H and O–H groups in total. The van der Waals surface area contributed by atoms with E-state index in [2.05, 4.69) is 15.3 Å². The van der Waals surface area contributed by atoms with Gasteiger partial charge in [0.2, 0.25) is 5.91 Å². The van der Waals surface area contributed by atoms with Crippen LogP contribution in [0.15, 0.2) is 6.33 Å². The van der Waals surface area contributed by atoms with Crippen LogP contribution in [0.25, 0.3) is 0 Å². The lowest BCUT2D eigenvalue weighted by Crippen LogP contribution is -2.62. The third kappa shape index (κ3) is 1.96.